The number of benzene rings is 3. The van der Waals surface area contributed by atoms with Gasteiger partial charge in [-0.3, -0.25) is 9.59 Å². The van der Waals surface area contributed by atoms with Crippen molar-refractivity contribution in [2.75, 3.05) is 11.1 Å². The molecule has 0 unspecified atom stereocenters. The van der Waals surface area contributed by atoms with Crippen LogP contribution in [-0.2, 0) is 17.8 Å². The summed E-state index contributed by atoms with van der Waals surface area (Å²) in [5.41, 5.74) is 9.19. The summed E-state index contributed by atoms with van der Waals surface area (Å²) in [7, 11) is 0. The molecule has 4 aromatic rings. The molecule has 5 nitrogen and oxygen atoms in total. The third kappa shape index (κ3) is 5.29. The smallest absolute Gasteiger partial charge is 0.265 e. The van der Waals surface area contributed by atoms with Crippen LogP contribution in [-0.4, -0.2) is 11.8 Å². The molecule has 3 aromatic carbocycles. The molecule has 0 aliphatic heterocycles. The van der Waals surface area contributed by atoms with Crippen LogP contribution < -0.4 is 16.4 Å². The summed E-state index contributed by atoms with van der Waals surface area (Å²) in [5, 5.41) is 6.83. The molecule has 0 atom stereocenters. The lowest BCUT2D eigenvalue weighted by Gasteiger charge is -2.06. The molecule has 0 fully saturated rings. The van der Waals surface area contributed by atoms with Crippen molar-refractivity contribution in [2.45, 2.75) is 19.4 Å². The molecule has 0 saturated carbocycles. The number of nitrogen functional groups attached to an aromatic ring is 1. The number of nitrogens with one attached hydrogen (secondary N) is 2. The fourth-order valence-electron chi connectivity index (χ4n) is 3.28. The number of fused-ring (bicyclic) bond motifs is 1. The molecule has 0 spiro atoms. The number of thiophene rings is 1. The van der Waals surface area contributed by atoms with Crippen molar-refractivity contribution in [1.82, 2.24) is 5.32 Å². The topological polar surface area (TPSA) is 84.2 Å². The van der Waals surface area contributed by atoms with Gasteiger partial charge in [-0.15, -0.1) is 11.3 Å². The highest BCUT2D eigenvalue weighted by Crippen LogP contribution is 2.28. The number of hydrogen-bond acceptors (Lipinski definition) is 4. The highest BCUT2D eigenvalue weighted by Gasteiger charge is 2.12. The number of anilines is 2. The molecule has 0 radical (unpaired) electrons. The first-order chi connectivity index (χ1) is 15.1. The van der Waals surface area contributed by atoms with Crippen LogP contribution in [0.5, 0.6) is 0 Å². The molecule has 0 aliphatic carbocycles. The van der Waals surface area contributed by atoms with Crippen molar-refractivity contribution in [1.29, 1.82) is 0 Å². The van der Waals surface area contributed by atoms with Crippen molar-refractivity contribution >= 4 is 44.6 Å². The number of carbonyl (C=O) groups excluding carboxylic acids is 2. The van der Waals surface area contributed by atoms with E-state index in [1.807, 2.05) is 66.7 Å². The number of nitrogens with two attached hydrogens (primary N) is 1. The summed E-state index contributed by atoms with van der Waals surface area (Å²) < 4.78 is 1.00. The molecule has 0 aliphatic rings. The first kappa shape index (κ1) is 20.6. The van der Waals surface area contributed by atoms with Crippen molar-refractivity contribution in [3.63, 3.8) is 0 Å². The van der Waals surface area contributed by atoms with Crippen molar-refractivity contribution in [3.8, 4) is 0 Å². The van der Waals surface area contributed by atoms with Gasteiger partial charge < -0.3 is 16.4 Å². The summed E-state index contributed by atoms with van der Waals surface area (Å²) in [6.45, 7) is 0.462. The Labute approximate surface area is 184 Å². The maximum absolute atomic E-state index is 12.6. The summed E-state index contributed by atoms with van der Waals surface area (Å²) in [6, 6.07) is 25.0. The minimum atomic E-state index is -0.185. The van der Waals surface area contributed by atoms with Gasteiger partial charge in [-0.25, -0.2) is 0 Å². The number of carbonyl (C=O) groups is 2. The molecule has 31 heavy (non-hydrogen) atoms. The molecule has 1 aromatic heterocycles. The molecular formula is C25H23N3O2S. The predicted molar refractivity (Wildman–Crippen MR) is 127 cm³/mol. The average molecular weight is 430 g/mol. The van der Waals surface area contributed by atoms with Crippen LogP contribution >= 0.6 is 11.3 Å². The van der Waals surface area contributed by atoms with Crippen LogP contribution in [0.3, 0.4) is 0 Å². The Bertz CT molecular complexity index is 1220. The summed E-state index contributed by atoms with van der Waals surface area (Å²) in [6.07, 6.45) is 1.18. The lowest BCUT2D eigenvalue weighted by molar-refractivity contribution is -0.121. The SMILES string of the molecule is Nc1ccccc1NC(=O)c1cc2ccc(CNC(=O)CCc3ccccc3)cc2s1. The van der Waals surface area contributed by atoms with Crippen molar-refractivity contribution < 1.29 is 9.59 Å². The van der Waals surface area contributed by atoms with Gasteiger partial charge in [0.15, 0.2) is 0 Å². The molecular weight excluding hydrogens is 406 g/mol. The maximum Gasteiger partial charge on any atom is 0.265 e. The van der Waals surface area contributed by atoms with Crippen LogP contribution in [0, 0.1) is 0 Å². The minimum Gasteiger partial charge on any atom is -0.397 e. The van der Waals surface area contributed by atoms with Crippen LogP contribution in [0.25, 0.3) is 10.1 Å². The van der Waals surface area contributed by atoms with Gasteiger partial charge in [-0.2, -0.15) is 0 Å². The maximum atomic E-state index is 12.6. The van der Waals surface area contributed by atoms with E-state index in [9.17, 15) is 9.59 Å². The van der Waals surface area contributed by atoms with E-state index in [1.165, 1.54) is 11.3 Å². The van der Waals surface area contributed by atoms with Crippen LogP contribution in [0.4, 0.5) is 11.4 Å². The second-order valence-corrected chi connectivity index (χ2v) is 8.37. The summed E-state index contributed by atoms with van der Waals surface area (Å²) in [4.78, 5) is 25.4. The zero-order chi connectivity index (χ0) is 21.6. The highest BCUT2D eigenvalue weighted by molar-refractivity contribution is 7.20. The Hall–Kier alpha value is -3.64. The van der Waals surface area contributed by atoms with Crippen LogP contribution in [0.1, 0.15) is 27.2 Å². The quantitative estimate of drug-likeness (QED) is 0.362. The van der Waals surface area contributed by atoms with Gasteiger partial charge in [0.05, 0.1) is 16.3 Å². The standard InChI is InChI=1S/C25H23N3O2S/c26-20-8-4-5-9-21(20)28-25(30)23-15-19-12-10-18(14-22(19)31-23)16-27-24(29)13-11-17-6-2-1-3-7-17/h1-10,12,14-15H,11,13,16,26H2,(H,27,29)(H,28,30). The lowest BCUT2D eigenvalue weighted by atomic mass is 10.1. The van der Waals surface area contributed by atoms with Gasteiger partial charge in [0.2, 0.25) is 5.91 Å². The fraction of sp³-hybridized carbons (Fsp3) is 0.120. The Morgan fingerprint density at radius 2 is 1.65 bits per heavy atom. The lowest BCUT2D eigenvalue weighted by Crippen LogP contribution is -2.22. The highest BCUT2D eigenvalue weighted by atomic mass is 32.1. The molecule has 2 amide bonds. The second kappa shape index (κ2) is 9.45. The minimum absolute atomic E-state index is 0.0237. The predicted octanol–water partition coefficient (Wildman–Crippen LogP) is 4.98. The van der Waals surface area contributed by atoms with Crippen LogP contribution in [0.15, 0.2) is 78.9 Å². The molecule has 0 saturated heterocycles. The largest absolute Gasteiger partial charge is 0.397 e. The summed E-state index contributed by atoms with van der Waals surface area (Å²) in [5.74, 6) is -0.162. The molecule has 4 rings (SSSR count). The number of aryl methyl sites for hydroxylation is 1. The van der Waals surface area contributed by atoms with E-state index in [1.54, 1.807) is 12.1 Å². The van der Waals surface area contributed by atoms with E-state index >= 15 is 0 Å². The van der Waals surface area contributed by atoms with Gasteiger partial charge >= 0.3 is 0 Å². The molecule has 6 heteroatoms. The molecule has 1 heterocycles. The summed E-state index contributed by atoms with van der Waals surface area (Å²) >= 11 is 1.42. The van der Waals surface area contributed by atoms with E-state index in [-0.39, 0.29) is 11.8 Å². The number of rotatable bonds is 7. The van der Waals surface area contributed by atoms with Gasteiger partial charge in [0.1, 0.15) is 0 Å². The molecule has 4 N–H and O–H groups in total. The van der Waals surface area contributed by atoms with Gasteiger partial charge in [0.25, 0.3) is 5.91 Å². The Morgan fingerprint density at radius 1 is 0.871 bits per heavy atom. The Kier molecular flexibility index (Phi) is 6.29. The van der Waals surface area contributed by atoms with E-state index in [4.69, 9.17) is 5.73 Å². The zero-order valence-corrected chi connectivity index (χ0v) is 17.7. The van der Waals surface area contributed by atoms with E-state index in [0.717, 1.165) is 27.6 Å². The van der Waals surface area contributed by atoms with E-state index < -0.39 is 0 Å². The number of hydrogen-bond donors (Lipinski definition) is 3. The average Bonchev–Trinajstić information content (AvgIpc) is 3.22. The van der Waals surface area contributed by atoms with E-state index in [2.05, 4.69) is 10.6 Å². The zero-order valence-electron chi connectivity index (χ0n) is 16.9. The molecule has 156 valence electrons. The van der Waals surface area contributed by atoms with Gasteiger partial charge in [-0.05, 0) is 47.2 Å². The third-order valence-corrected chi connectivity index (χ3v) is 6.09. The number of para-hydroxylation sites is 2. The van der Waals surface area contributed by atoms with Crippen LogP contribution in [0.2, 0.25) is 0 Å². The first-order valence-corrected chi connectivity index (χ1v) is 10.9. The Balaban J connectivity index is 1.36. The normalized spacial score (nSPS) is 10.7. The van der Waals surface area contributed by atoms with Gasteiger partial charge in [-0.1, -0.05) is 54.6 Å². The third-order valence-electron chi connectivity index (χ3n) is 4.99. The van der Waals surface area contributed by atoms with Crippen molar-refractivity contribution in [3.05, 3.63) is 94.9 Å². The van der Waals surface area contributed by atoms with E-state index in [0.29, 0.717) is 29.2 Å². The number of amides is 2. The first-order valence-electron chi connectivity index (χ1n) is 10.1. The monoisotopic (exact) mass is 429 g/mol. The molecule has 0 bridgehead atoms. The fourth-order valence-corrected chi connectivity index (χ4v) is 4.31. The Morgan fingerprint density at radius 3 is 2.45 bits per heavy atom. The van der Waals surface area contributed by atoms with Gasteiger partial charge in [0, 0.05) is 17.7 Å². The second-order valence-electron chi connectivity index (χ2n) is 7.29. The van der Waals surface area contributed by atoms with Crippen molar-refractivity contribution in [2.24, 2.45) is 0 Å².